The van der Waals surface area contributed by atoms with E-state index in [1.807, 2.05) is 4.90 Å². The zero-order chi connectivity index (χ0) is 20.1. The summed E-state index contributed by atoms with van der Waals surface area (Å²) in [5.41, 5.74) is 0. The number of aromatic nitrogens is 2. The van der Waals surface area contributed by atoms with E-state index in [2.05, 4.69) is 12.1 Å². The van der Waals surface area contributed by atoms with Gasteiger partial charge in [0.05, 0.1) is 0 Å². The standard InChI is InChI=1S/C24H39N3O2/c1-18-10-8-9-13-20(15-14-18)24(28)27-17-16-21(27)23-25-22(26-29-23)19-11-6-4-2-3-5-7-12-19/h18-21H,2-17H2,1H3. The van der Waals surface area contributed by atoms with Gasteiger partial charge in [-0.2, -0.15) is 4.98 Å². The minimum atomic E-state index is 0.0166. The van der Waals surface area contributed by atoms with Crippen LogP contribution >= 0.6 is 0 Å². The van der Waals surface area contributed by atoms with Crippen molar-refractivity contribution in [1.82, 2.24) is 15.0 Å². The van der Waals surface area contributed by atoms with E-state index in [9.17, 15) is 4.79 Å². The lowest BCUT2D eigenvalue weighted by atomic mass is 9.84. The molecule has 5 nitrogen and oxygen atoms in total. The molecule has 3 fully saturated rings. The summed E-state index contributed by atoms with van der Waals surface area (Å²) in [4.78, 5) is 20.0. The molecule has 3 atom stereocenters. The first-order valence-corrected chi connectivity index (χ1v) is 12.4. The van der Waals surface area contributed by atoms with Crippen LogP contribution in [-0.4, -0.2) is 27.5 Å². The molecule has 1 saturated heterocycles. The summed E-state index contributed by atoms with van der Waals surface area (Å²) in [6.07, 6.45) is 18.3. The second-order valence-corrected chi connectivity index (χ2v) is 9.89. The normalized spacial score (nSPS) is 30.4. The van der Waals surface area contributed by atoms with Crippen LogP contribution in [0.5, 0.6) is 0 Å². The fraction of sp³-hybridized carbons (Fsp3) is 0.875. The van der Waals surface area contributed by atoms with Crippen molar-refractivity contribution >= 4 is 5.91 Å². The third kappa shape index (κ3) is 5.21. The van der Waals surface area contributed by atoms with Crippen LogP contribution in [-0.2, 0) is 4.79 Å². The van der Waals surface area contributed by atoms with Gasteiger partial charge < -0.3 is 9.42 Å². The maximum absolute atomic E-state index is 13.2. The molecule has 0 N–H and O–H groups in total. The second-order valence-electron chi connectivity index (χ2n) is 9.89. The minimum absolute atomic E-state index is 0.0166. The Balaban J connectivity index is 1.38. The monoisotopic (exact) mass is 401 g/mol. The number of hydrogen-bond donors (Lipinski definition) is 0. The first-order valence-electron chi connectivity index (χ1n) is 12.4. The lowest BCUT2D eigenvalue weighted by Crippen LogP contribution is -2.48. The van der Waals surface area contributed by atoms with Gasteiger partial charge in [-0.15, -0.1) is 0 Å². The van der Waals surface area contributed by atoms with Crippen molar-refractivity contribution in [3.05, 3.63) is 11.7 Å². The quantitative estimate of drug-likeness (QED) is 0.608. The molecule has 1 aliphatic heterocycles. The van der Waals surface area contributed by atoms with E-state index in [0.29, 0.717) is 17.7 Å². The predicted molar refractivity (Wildman–Crippen MR) is 113 cm³/mol. The molecule has 2 saturated carbocycles. The van der Waals surface area contributed by atoms with Crippen molar-refractivity contribution in [1.29, 1.82) is 0 Å². The largest absolute Gasteiger partial charge is 0.337 e. The van der Waals surface area contributed by atoms with Crippen LogP contribution < -0.4 is 0 Å². The SMILES string of the molecule is CC1CCCCC(C(=O)N2CCC2c2nc(C3CCCCCCCC3)no2)CC1. The van der Waals surface area contributed by atoms with Gasteiger partial charge in [-0.3, -0.25) is 4.79 Å². The van der Waals surface area contributed by atoms with Crippen molar-refractivity contribution in [2.75, 3.05) is 6.54 Å². The van der Waals surface area contributed by atoms with Crippen molar-refractivity contribution in [2.45, 2.75) is 115 Å². The highest BCUT2D eigenvalue weighted by molar-refractivity contribution is 5.80. The van der Waals surface area contributed by atoms with E-state index in [-0.39, 0.29) is 12.0 Å². The van der Waals surface area contributed by atoms with Crippen LogP contribution in [0.3, 0.4) is 0 Å². The molecule has 5 heteroatoms. The Kier molecular flexibility index (Phi) is 7.25. The van der Waals surface area contributed by atoms with Gasteiger partial charge in [0.1, 0.15) is 6.04 Å². The summed E-state index contributed by atoms with van der Waals surface area (Å²) in [5.74, 6) is 3.28. The zero-order valence-electron chi connectivity index (χ0n) is 18.3. The topological polar surface area (TPSA) is 59.2 Å². The van der Waals surface area contributed by atoms with Crippen LogP contribution in [0, 0.1) is 11.8 Å². The van der Waals surface area contributed by atoms with Gasteiger partial charge in [-0.25, -0.2) is 0 Å². The average molecular weight is 402 g/mol. The molecule has 1 amide bonds. The van der Waals surface area contributed by atoms with Gasteiger partial charge in [-0.1, -0.05) is 69.9 Å². The fourth-order valence-corrected chi connectivity index (χ4v) is 5.49. The van der Waals surface area contributed by atoms with Crippen LogP contribution in [0.1, 0.15) is 127 Å². The van der Waals surface area contributed by atoms with Crippen LogP contribution in [0.2, 0.25) is 0 Å². The van der Waals surface area contributed by atoms with Gasteiger partial charge in [-0.05, 0) is 44.4 Å². The summed E-state index contributed by atoms with van der Waals surface area (Å²) in [6.45, 7) is 3.17. The van der Waals surface area contributed by atoms with Gasteiger partial charge >= 0.3 is 0 Å². The molecule has 2 heterocycles. The van der Waals surface area contributed by atoms with Crippen molar-refractivity contribution < 1.29 is 9.32 Å². The first-order chi connectivity index (χ1) is 14.2. The van der Waals surface area contributed by atoms with E-state index >= 15 is 0 Å². The highest BCUT2D eigenvalue weighted by Crippen LogP contribution is 2.37. The Hall–Kier alpha value is -1.39. The van der Waals surface area contributed by atoms with Gasteiger partial charge in [0.25, 0.3) is 0 Å². The van der Waals surface area contributed by atoms with Gasteiger partial charge in [0.2, 0.25) is 11.8 Å². The molecule has 0 bridgehead atoms. The van der Waals surface area contributed by atoms with Crippen LogP contribution in [0.25, 0.3) is 0 Å². The summed E-state index contributed by atoms with van der Waals surface area (Å²) >= 11 is 0. The third-order valence-electron chi connectivity index (χ3n) is 7.62. The van der Waals surface area contributed by atoms with Crippen molar-refractivity contribution in [3.8, 4) is 0 Å². The second kappa shape index (κ2) is 10.1. The first kappa shape index (κ1) is 20.9. The number of carbonyl (C=O) groups is 1. The number of hydrogen-bond acceptors (Lipinski definition) is 4. The Labute approximate surface area is 176 Å². The number of carbonyl (C=O) groups excluding carboxylic acids is 1. The predicted octanol–water partition coefficient (Wildman–Crippen LogP) is 6.17. The number of nitrogens with zero attached hydrogens (tertiary/aromatic N) is 3. The third-order valence-corrected chi connectivity index (χ3v) is 7.62. The van der Waals surface area contributed by atoms with E-state index < -0.39 is 0 Å². The lowest BCUT2D eigenvalue weighted by Gasteiger charge is -2.41. The van der Waals surface area contributed by atoms with E-state index in [1.165, 1.54) is 77.0 Å². The van der Waals surface area contributed by atoms with E-state index in [0.717, 1.165) is 37.5 Å². The zero-order valence-corrected chi connectivity index (χ0v) is 18.3. The summed E-state index contributed by atoms with van der Waals surface area (Å²) in [5, 5.41) is 4.37. The van der Waals surface area contributed by atoms with Gasteiger partial charge in [0.15, 0.2) is 5.82 Å². The highest BCUT2D eigenvalue weighted by Gasteiger charge is 2.40. The van der Waals surface area contributed by atoms with Crippen molar-refractivity contribution in [3.63, 3.8) is 0 Å². The number of rotatable bonds is 3. The van der Waals surface area contributed by atoms with E-state index in [1.54, 1.807) is 0 Å². The molecule has 3 unspecified atom stereocenters. The van der Waals surface area contributed by atoms with Crippen molar-refractivity contribution in [2.24, 2.45) is 11.8 Å². The molecular weight excluding hydrogens is 362 g/mol. The summed E-state index contributed by atoms with van der Waals surface area (Å²) in [6, 6.07) is 0.0166. The minimum Gasteiger partial charge on any atom is -0.337 e. The maximum Gasteiger partial charge on any atom is 0.249 e. The molecular formula is C24H39N3O2. The number of amides is 1. The molecule has 1 aromatic heterocycles. The molecule has 3 aliphatic rings. The Morgan fingerprint density at radius 3 is 2.28 bits per heavy atom. The average Bonchev–Trinajstić information content (AvgIpc) is 3.17. The molecule has 162 valence electrons. The smallest absolute Gasteiger partial charge is 0.249 e. The molecule has 0 radical (unpaired) electrons. The van der Waals surface area contributed by atoms with Crippen LogP contribution in [0.4, 0.5) is 0 Å². The molecule has 0 aromatic carbocycles. The summed E-state index contributed by atoms with van der Waals surface area (Å²) in [7, 11) is 0. The summed E-state index contributed by atoms with van der Waals surface area (Å²) < 4.78 is 5.70. The van der Waals surface area contributed by atoms with Crippen LogP contribution in [0.15, 0.2) is 4.52 Å². The molecule has 29 heavy (non-hydrogen) atoms. The Bertz CT molecular complexity index is 648. The molecule has 0 spiro atoms. The van der Waals surface area contributed by atoms with Gasteiger partial charge in [0, 0.05) is 18.4 Å². The fourth-order valence-electron chi connectivity index (χ4n) is 5.49. The molecule has 2 aliphatic carbocycles. The molecule has 4 rings (SSSR count). The lowest BCUT2D eigenvalue weighted by molar-refractivity contribution is -0.145. The van der Waals surface area contributed by atoms with E-state index in [4.69, 9.17) is 9.51 Å². The number of likely N-dealkylation sites (tertiary alicyclic amines) is 1. The maximum atomic E-state index is 13.2. The Morgan fingerprint density at radius 2 is 1.55 bits per heavy atom. The highest BCUT2D eigenvalue weighted by atomic mass is 16.5. The Morgan fingerprint density at radius 1 is 0.862 bits per heavy atom. The molecule has 1 aromatic rings.